The normalized spacial score (nSPS) is 11.8. The van der Waals surface area contributed by atoms with Crippen LogP contribution in [0.1, 0.15) is 63.9 Å². The van der Waals surface area contributed by atoms with Gasteiger partial charge < -0.3 is 9.79 Å². The van der Waals surface area contributed by atoms with Crippen LogP contribution in [0.2, 0.25) is 0 Å². The third-order valence-electron chi connectivity index (χ3n) is 3.61. The molecule has 0 aliphatic rings. The highest BCUT2D eigenvalue weighted by Gasteiger charge is 2.20. The van der Waals surface area contributed by atoms with Crippen LogP contribution in [-0.2, 0) is 11.0 Å². The molecule has 1 rings (SSSR count). The second-order valence-corrected chi connectivity index (χ2v) is 6.97. The molecule has 0 atom stereocenters. The van der Waals surface area contributed by atoms with Crippen LogP contribution in [0.4, 0.5) is 0 Å². The van der Waals surface area contributed by atoms with Crippen molar-refractivity contribution < 1.29 is 14.4 Å². The van der Waals surface area contributed by atoms with Crippen molar-refractivity contribution in [3.63, 3.8) is 0 Å². The maximum Gasteiger partial charge on any atom is 0.356 e. The van der Waals surface area contributed by atoms with Gasteiger partial charge in [-0.1, -0.05) is 70.1 Å². The van der Waals surface area contributed by atoms with Crippen LogP contribution in [-0.4, -0.2) is 9.79 Å². The van der Waals surface area contributed by atoms with E-state index in [-0.39, 0.29) is 5.30 Å². The molecular weight excluding hydrogens is 271 g/mol. The Kier molecular flexibility index (Phi) is 8.13. The minimum absolute atomic E-state index is 0.197. The Morgan fingerprint density at radius 2 is 1.45 bits per heavy atom. The molecule has 0 aliphatic carbocycles. The van der Waals surface area contributed by atoms with Crippen molar-refractivity contribution in [3.05, 3.63) is 29.8 Å². The summed E-state index contributed by atoms with van der Waals surface area (Å²) >= 11 is 0. The van der Waals surface area contributed by atoms with E-state index in [9.17, 15) is 14.4 Å². The van der Waals surface area contributed by atoms with E-state index >= 15 is 0 Å². The highest BCUT2D eigenvalue weighted by atomic mass is 31.2. The SMILES string of the molecule is CCCCCCCCCCc1ccccc1P(=O)(O)O. The molecule has 0 spiro atoms. The lowest BCUT2D eigenvalue weighted by Gasteiger charge is -2.10. The van der Waals surface area contributed by atoms with Gasteiger partial charge in [0.05, 0.1) is 5.30 Å². The zero-order valence-electron chi connectivity index (χ0n) is 12.4. The van der Waals surface area contributed by atoms with Crippen LogP contribution in [0, 0.1) is 0 Å². The minimum atomic E-state index is -4.13. The van der Waals surface area contributed by atoms with Crippen LogP contribution >= 0.6 is 7.60 Å². The van der Waals surface area contributed by atoms with Gasteiger partial charge in [-0.2, -0.15) is 0 Å². The fraction of sp³-hybridized carbons (Fsp3) is 0.625. The third kappa shape index (κ3) is 6.69. The molecule has 0 fully saturated rings. The van der Waals surface area contributed by atoms with Gasteiger partial charge in [-0.25, -0.2) is 0 Å². The molecule has 20 heavy (non-hydrogen) atoms. The van der Waals surface area contributed by atoms with Crippen molar-refractivity contribution in [1.82, 2.24) is 0 Å². The van der Waals surface area contributed by atoms with Crippen molar-refractivity contribution in [2.45, 2.75) is 64.7 Å². The van der Waals surface area contributed by atoms with Crippen LogP contribution in [0.25, 0.3) is 0 Å². The van der Waals surface area contributed by atoms with Crippen LogP contribution in [0.3, 0.4) is 0 Å². The van der Waals surface area contributed by atoms with Gasteiger partial charge in [-0.3, -0.25) is 4.57 Å². The Morgan fingerprint density at radius 3 is 2.05 bits per heavy atom. The highest BCUT2D eigenvalue weighted by Crippen LogP contribution is 2.34. The summed E-state index contributed by atoms with van der Waals surface area (Å²) in [5, 5.41) is 0.197. The van der Waals surface area contributed by atoms with Gasteiger partial charge in [0.15, 0.2) is 0 Å². The first kappa shape index (κ1) is 17.4. The highest BCUT2D eigenvalue weighted by molar-refractivity contribution is 7.60. The van der Waals surface area contributed by atoms with Crippen molar-refractivity contribution in [2.75, 3.05) is 0 Å². The Hall–Kier alpha value is -0.630. The first-order chi connectivity index (χ1) is 9.55. The number of hydrogen-bond acceptors (Lipinski definition) is 1. The summed E-state index contributed by atoms with van der Waals surface area (Å²) < 4.78 is 11.4. The van der Waals surface area contributed by atoms with Gasteiger partial charge in [-0.15, -0.1) is 0 Å². The first-order valence-electron chi connectivity index (χ1n) is 7.69. The predicted octanol–water partition coefficient (Wildman–Crippen LogP) is 4.17. The second-order valence-electron chi connectivity index (χ2n) is 5.40. The average Bonchev–Trinajstić information content (AvgIpc) is 2.41. The fourth-order valence-corrected chi connectivity index (χ4v) is 3.30. The summed E-state index contributed by atoms with van der Waals surface area (Å²) in [4.78, 5) is 18.6. The number of rotatable bonds is 10. The third-order valence-corrected chi connectivity index (χ3v) is 4.67. The van der Waals surface area contributed by atoms with E-state index in [1.54, 1.807) is 12.1 Å². The van der Waals surface area contributed by atoms with Crippen LogP contribution in [0.15, 0.2) is 24.3 Å². The predicted molar refractivity (Wildman–Crippen MR) is 84.4 cm³/mol. The molecule has 0 aliphatic heterocycles. The van der Waals surface area contributed by atoms with E-state index in [2.05, 4.69) is 6.92 Å². The summed E-state index contributed by atoms with van der Waals surface area (Å²) in [6, 6.07) is 6.90. The molecule has 4 heteroatoms. The van der Waals surface area contributed by atoms with Crippen molar-refractivity contribution in [2.24, 2.45) is 0 Å². The lowest BCUT2D eigenvalue weighted by atomic mass is 10.0. The van der Waals surface area contributed by atoms with Gasteiger partial charge in [0.25, 0.3) is 0 Å². The van der Waals surface area contributed by atoms with E-state index in [1.165, 1.54) is 38.5 Å². The van der Waals surface area contributed by atoms with Gasteiger partial charge in [-0.05, 0) is 24.5 Å². The van der Waals surface area contributed by atoms with Crippen molar-refractivity contribution in [1.29, 1.82) is 0 Å². The van der Waals surface area contributed by atoms with E-state index < -0.39 is 7.60 Å². The topological polar surface area (TPSA) is 57.5 Å². The Labute approximate surface area is 122 Å². The summed E-state index contributed by atoms with van der Waals surface area (Å²) in [6.07, 6.45) is 10.7. The summed E-state index contributed by atoms with van der Waals surface area (Å²) in [5.74, 6) is 0. The van der Waals surface area contributed by atoms with Gasteiger partial charge >= 0.3 is 7.60 Å². The van der Waals surface area contributed by atoms with Gasteiger partial charge in [0.1, 0.15) is 0 Å². The Balaban J connectivity index is 2.27. The molecule has 114 valence electrons. The van der Waals surface area contributed by atoms with Gasteiger partial charge in [0.2, 0.25) is 0 Å². The maximum absolute atomic E-state index is 11.4. The Bertz CT molecular complexity index is 425. The molecular formula is C16H27O3P. The van der Waals surface area contributed by atoms with E-state index in [1.807, 2.05) is 12.1 Å². The standard InChI is InChI=1S/C16H27O3P/c1-2-3-4-5-6-7-8-9-12-15-13-10-11-14-16(15)20(17,18)19/h10-11,13-14H,2-9,12H2,1H3,(H2,17,18,19). The molecule has 0 amide bonds. The lowest BCUT2D eigenvalue weighted by molar-refractivity contribution is 0.387. The van der Waals surface area contributed by atoms with E-state index in [0.29, 0.717) is 0 Å². The first-order valence-corrected chi connectivity index (χ1v) is 9.31. The smallest absolute Gasteiger partial charge is 0.321 e. The molecule has 2 N–H and O–H groups in total. The zero-order chi connectivity index (χ0) is 14.8. The fourth-order valence-electron chi connectivity index (χ4n) is 2.46. The van der Waals surface area contributed by atoms with Crippen molar-refractivity contribution >= 4 is 12.9 Å². The Morgan fingerprint density at radius 1 is 0.900 bits per heavy atom. The molecule has 0 bridgehead atoms. The van der Waals surface area contributed by atoms with E-state index in [4.69, 9.17) is 0 Å². The number of aryl methyl sites for hydroxylation is 1. The second kappa shape index (κ2) is 9.33. The molecule has 0 radical (unpaired) electrons. The summed E-state index contributed by atoms with van der Waals surface area (Å²) in [5.41, 5.74) is 0.798. The largest absolute Gasteiger partial charge is 0.356 e. The maximum atomic E-state index is 11.4. The summed E-state index contributed by atoms with van der Waals surface area (Å²) in [7, 11) is -4.13. The summed E-state index contributed by atoms with van der Waals surface area (Å²) in [6.45, 7) is 2.22. The number of benzene rings is 1. The molecule has 0 saturated heterocycles. The monoisotopic (exact) mass is 298 g/mol. The molecule has 0 saturated carbocycles. The molecule has 0 aromatic heterocycles. The molecule has 0 heterocycles. The zero-order valence-corrected chi connectivity index (χ0v) is 13.3. The van der Waals surface area contributed by atoms with Gasteiger partial charge in [0, 0.05) is 0 Å². The van der Waals surface area contributed by atoms with Crippen LogP contribution < -0.4 is 5.30 Å². The molecule has 0 unspecified atom stereocenters. The van der Waals surface area contributed by atoms with Crippen molar-refractivity contribution in [3.8, 4) is 0 Å². The average molecular weight is 298 g/mol. The molecule has 1 aromatic rings. The quantitative estimate of drug-likeness (QED) is 0.503. The minimum Gasteiger partial charge on any atom is -0.321 e. The van der Waals surface area contributed by atoms with Crippen LogP contribution in [0.5, 0.6) is 0 Å². The molecule has 3 nitrogen and oxygen atoms in total. The lowest BCUT2D eigenvalue weighted by Crippen LogP contribution is -2.10. The molecule has 1 aromatic carbocycles. The number of hydrogen-bond donors (Lipinski definition) is 2. The number of unbranched alkanes of at least 4 members (excludes halogenated alkanes) is 7. The van der Waals surface area contributed by atoms with E-state index in [0.717, 1.165) is 24.8 Å².